The van der Waals surface area contributed by atoms with E-state index in [9.17, 15) is 4.79 Å². The van der Waals surface area contributed by atoms with Gasteiger partial charge in [0.25, 0.3) is 0 Å². The second-order valence-corrected chi connectivity index (χ2v) is 4.64. The Balaban J connectivity index is 2.21. The van der Waals surface area contributed by atoms with Crippen molar-refractivity contribution in [2.45, 2.75) is 18.8 Å². The predicted molar refractivity (Wildman–Crippen MR) is 59.6 cm³/mol. The molecular weight excluding hydrogens is 274 g/mol. The highest BCUT2D eigenvalue weighted by atomic mass is 79.9. The van der Waals surface area contributed by atoms with Gasteiger partial charge in [0.05, 0.1) is 5.69 Å². The number of fused-ring (bicyclic) bond motifs is 1. The van der Waals surface area contributed by atoms with Gasteiger partial charge in [-0.25, -0.2) is 14.8 Å². The summed E-state index contributed by atoms with van der Waals surface area (Å²) in [7, 11) is 0. The topological polar surface area (TPSA) is 67.5 Å². The summed E-state index contributed by atoms with van der Waals surface area (Å²) < 4.78 is 2.32. The Morgan fingerprint density at radius 1 is 1.44 bits per heavy atom. The third-order valence-corrected chi connectivity index (χ3v) is 3.16. The highest BCUT2D eigenvalue weighted by Crippen LogP contribution is 2.39. The van der Waals surface area contributed by atoms with Gasteiger partial charge in [-0.05, 0) is 28.8 Å². The van der Waals surface area contributed by atoms with Crippen molar-refractivity contribution in [1.82, 2.24) is 14.4 Å². The first-order chi connectivity index (χ1) is 7.65. The van der Waals surface area contributed by atoms with Crippen molar-refractivity contribution < 1.29 is 9.90 Å². The number of halogens is 1. The van der Waals surface area contributed by atoms with Crippen LogP contribution in [0.2, 0.25) is 0 Å². The molecule has 1 fully saturated rings. The Morgan fingerprint density at radius 2 is 2.19 bits per heavy atom. The molecule has 0 radical (unpaired) electrons. The van der Waals surface area contributed by atoms with Crippen molar-refractivity contribution in [2.75, 3.05) is 0 Å². The van der Waals surface area contributed by atoms with Crippen LogP contribution in [-0.4, -0.2) is 25.4 Å². The van der Waals surface area contributed by atoms with Gasteiger partial charge in [0, 0.05) is 18.3 Å². The quantitative estimate of drug-likeness (QED) is 0.915. The molecule has 2 heterocycles. The van der Waals surface area contributed by atoms with Gasteiger partial charge in [0.1, 0.15) is 4.60 Å². The molecule has 1 aliphatic rings. The smallest absolute Gasteiger partial charge is 0.356 e. The van der Waals surface area contributed by atoms with Crippen LogP contribution in [-0.2, 0) is 0 Å². The highest BCUT2D eigenvalue weighted by Gasteiger charge is 2.26. The molecule has 6 heteroatoms. The van der Waals surface area contributed by atoms with Gasteiger partial charge in [-0.3, -0.25) is 0 Å². The Kier molecular flexibility index (Phi) is 2.00. The number of imidazole rings is 1. The van der Waals surface area contributed by atoms with E-state index < -0.39 is 5.97 Å². The molecule has 3 rings (SSSR count). The van der Waals surface area contributed by atoms with E-state index in [4.69, 9.17) is 5.11 Å². The number of nitrogens with zero attached hydrogens (tertiary/aromatic N) is 3. The monoisotopic (exact) mass is 281 g/mol. The molecule has 0 aromatic carbocycles. The minimum absolute atomic E-state index is 0.0375. The van der Waals surface area contributed by atoms with Crippen molar-refractivity contribution in [1.29, 1.82) is 0 Å². The van der Waals surface area contributed by atoms with Crippen LogP contribution in [0, 0.1) is 0 Å². The molecule has 2 aromatic rings. The van der Waals surface area contributed by atoms with Crippen molar-refractivity contribution in [3.05, 3.63) is 28.4 Å². The number of carboxylic acids is 1. The Labute approximate surface area is 99.3 Å². The maximum Gasteiger partial charge on any atom is 0.356 e. The van der Waals surface area contributed by atoms with Gasteiger partial charge in [-0.1, -0.05) is 0 Å². The summed E-state index contributed by atoms with van der Waals surface area (Å²) in [5, 5.41) is 8.86. The Morgan fingerprint density at radius 3 is 2.81 bits per heavy atom. The minimum atomic E-state index is -1.02. The van der Waals surface area contributed by atoms with Crippen LogP contribution in [0.25, 0.3) is 5.65 Å². The molecule has 82 valence electrons. The minimum Gasteiger partial charge on any atom is -0.476 e. The molecule has 1 N–H and O–H groups in total. The average Bonchev–Trinajstić information content (AvgIpc) is 2.97. The van der Waals surface area contributed by atoms with Crippen molar-refractivity contribution in [3.63, 3.8) is 0 Å². The van der Waals surface area contributed by atoms with Gasteiger partial charge >= 0.3 is 5.97 Å². The molecule has 5 nitrogen and oxygen atoms in total. The first-order valence-electron chi connectivity index (χ1n) is 4.93. The predicted octanol–water partition coefficient (Wildman–Crippen LogP) is 2.07. The second-order valence-electron chi connectivity index (χ2n) is 3.89. The van der Waals surface area contributed by atoms with Crippen molar-refractivity contribution in [3.8, 4) is 0 Å². The fourth-order valence-electron chi connectivity index (χ4n) is 1.66. The summed E-state index contributed by atoms with van der Waals surface area (Å²) in [4.78, 5) is 19.2. The number of carboxylic acid groups (broad SMARTS) is 1. The molecule has 16 heavy (non-hydrogen) atoms. The summed E-state index contributed by atoms with van der Waals surface area (Å²) in [6.45, 7) is 0. The fourth-order valence-corrected chi connectivity index (χ4v) is 2.16. The normalized spacial score (nSPS) is 15.6. The number of rotatable bonds is 2. The first-order valence-corrected chi connectivity index (χ1v) is 5.73. The van der Waals surface area contributed by atoms with Crippen LogP contribution in [0.15, 0.2) is 17.0 Å². The van der Waals surface area contributed by atoms with Crippen molar-refractivity contribution in [2.24, 2.45) is 0 Å². The molecule has 2 aromatic heterocycles. The number of hydrogen-bond donors (Lipinski definition) is 1. The number of hydrogen-bond acceptors (Lipinski definition) is 3. The zero-order chi connectivity index (χ0) is 11.3. The van der Waals surface area contributed by atoms with E-state index in [0.29, 0.717) is 16.2 Å². The van der Waals surface area contributed by atoms with Crippen LogP contribution in [0.3, 0.4) is 0 Å². The summed E-state index contributed by atoms with van der Waals surface area (Å²) in [5.74, 6) is -0.500. The molecule has 1 aliphatic carbocycles. The van der Waals surface area contributed by atoms with Gasteiger partial charge in [-0.2, -0.15) is 0 Å². The van der Waals surface area contributed by atoms with E-state index in [1.807, 2.05) is 6.20 Å². The number of aromatic nitrogens is 3. The molecule has 0 amide bonds. The lowest BCUT2D eigenvalue weighted by atomic mass is 10.3. The van der Waals surface area contributed by atoms with Gasteiger partial charge in [0.2, 0.25) is 0 Å². The van der Waals surface area contributed by atoms with Crippen LogP contribution in [0.1, 0.15) is 34.9 Å². The molecule has 0 unspecified atom stereocenters. The van der Waals surface area contributed by atoms with E-state index in [1.165, 1.54) is 6.20 Å². The lowest BCUT2D eigenvalue weighted by Crippen LogP contribution is -1.95. The lowest BCUT2D eigenvalue weighted by molar-refractivity contribution is 0.0691. The maximum atomic E-state index is 10.8. The molecular formula is C10H8BrN3O2. The van der Waals surface area contributed by atoms with Gasteiger partial charge < -0.3 is 9.51 Å². The van der Waals surface area contributed by atoms with E-state index in [-0.39, 0.29) is 5.69 Å². The van der Waals surface area contributed by atoms with E-state index in [0.717, 1.165) is 18.5 Å². The maximum absolute atomic E-state index is 10.8. The molecule has 0 spiro atoms. The third kappa shape index (κ3) is 1.49. The van der Waals surface area contributed by atoms with Crippen LogP contribution in [0.4, 0.5) is 0 Å². The Hall–Kier alpha value is -1.43. The molecule has 0 atom stereocenters. The third-order valence-electron chi connectivity index (χ3n) is 2.63. The summed E-state index contributed by atoms with van der Waals surface area (Å²) in [6.07, 6.45) is 5.68. The molecule has 0 bridgehead atoms. The number of carbonyl (C=O) groups is 1. The second kappa shape index (κ2) is 3.28. The Bertz CT molecular complexity index is 589. The number of aromatic carboxylic acids is 1. The summed E-state index contributed by atoms with van der Waals surface area (Å²) >= 11 is 3.32. The van der Waals surface area contributed by atoms with E-state index in [1.54, 1.807) is 4.40 Å². The molecule has 0 aliphatic heterocycles. The average molecular weight is 282 g/mol. The highest BCUT2D eigenvalue weighted by molar-refractivity contribution is 9.10. The largest absolute Gasteiger partial charge is 0.476 e. The molecule has 1 saturated carbocycles. The molecule has 0 saturated heterocycles. The van der Waals surface area contributed by atoms with Crippen LogP contribution < -0.4 is 0 Å². The van der Waals surface area contributed by atoms with Crippen molar-refractivity contribution >= 4 is 27.5 Å². The lowest BCUT2D eigenvalue weighted by Gasteiger charge is -2.00. The SMILES string of the molecule is O=C(O)c1cn2cc(C3CC3)nc(Br)c2n1. The fraction of sp³-hybridized carbons (Fsp3) is 0.300. The van der Waals surface area contributed by atoms with Gasteiger partial charge in [-0.15, -0.1) is 0 Å². The summed E-state index contributed by atoms with van der Waals surface area (Å²) in [5.41, 5.74) is 1.57. The van der Waals surface area contributed by atoms with Crippen LogP contribution in [0.5, 0.6) is 0 Å². The van der Waals surface area contributed by atoms with Gasteiger partial charge in [0.15, 0.2) is 11.3 Å². The van der Waals surface area contributed by atoms with E-state index >= 15 is 0 Å². The zero-order valence-electron chi connectivity index (χ0n) is 8.22. The standard InChI is InChI=1S/C10H8BrN3O2/c11-8-9-13-7(10(15)16)4-14(9)3-6(12-8)5-1-2-5/h3-5H,1-2H2,(H,15,16). The van der Waals surface area contributed by atoms with Crippen LogP contribution >= 0.6 is 15.9 Å². The zero-order valence-corrected chi connectivity index (χ0v) is 9.81. The summed E-state index contributed by atoms with van der Waals surface area (Å²) in [6, 6.07) is 0. The first kappa shape index (κ1) is 9.77. The van der Waals surface area contributed by atoms with E-state index in [2.05, 4.69) is 25.9 Å².